The number of nitrogens with zero attached hydrogens (tertiary/aromatic N) is 1. The highest BCUT2D eigenvalue weighted by atomic mass is 19.4. The lowest BCUT2D eigenvalue weighted by Crippen LogP contribution is -2.55. The third kappa shape index (κ3) is 7.29. The van der Waals surface area contributed by atoms with Gasteiger partial charge in [0, 0.05) is 36.3 Å². The molecule has 1 heterocycles. The molecular weight excluding hydrogens is 453 g/mol. The molecule has 0 radical (unpaired) electrons. The van der Waals surface area contributed by atoms with Crippen LogP contribution in [0.15, 0.2) is 48.5 Å². The number of amides is 2. The summed E-state index contributed by atoms with van der Waals surface area (Å²) >= 11 is 0. The predicted molar refractivity (Wildman–Crippen MR) is 116 cm³/mol. The van der Waals surface area contributed by atoms with Crippen LogP contribution >= 0.6 is 0 Å². The molecule has 2 aromatic rings. The van der Waals surface area contributed by atoms with Crippen molar-refractivity contribution in [2.75, 3.05) is 26.3 Å². The fraction of sp³-hybridized carbons (Fsp3) is 0.304. The highest BCUT2D eigenvalue weighted by molar-refractivity contribution is 5.97. The van der Waals surface area contributed by atoms with Crippen molar-refractivity contribution in [1.82, 2.24) is 15.7 Å². The molecule has 0 saturated carbocycles. The van der Waals surface area contributed by atoms with Gasteiger partial charge in [-0.15, -0.1) is 0 Å². The van der Waals surface area contributed by atoms with E-state index in [1.165, 1.54) is 35.3 Å². The van der Waals surface area contributed by atoms with Gasteiger partial charge >= 0.3 is 6.18 Å². The molecule has 0 aromatic heterocycles. The Morgan fingerprint density at radius 3 is 2.12 bits per heavy atom. The van der Waals surface area contributed by atoms with Crippen molar-refractivity contribution in [3.05, 3.63) is 70.8 Å². The highest BCUT2D eigenvalue weighted by Crippen LogP contribution is 2.21. The molecule has 180 valence electrons. The lowest BCUT2D eigenvalue weighted by atomic mass is 10.1. The summed E-state index contributed by atoms with van der Waals surface area (Å²) in [4.78, 5) is 29.7. The van der Waals surface area contributed by atoms with Gasteiger partial charge in [-0.3, -0.25) is 14.5 Å². The Morgan fingerprint density at radius 1 is 1.03 bits per heavy atom. The summed E-state index contributed by atoms with van der Waals surface area (Å²) < 4.78 is 44.5. The van der Waals surface area contributed by atoms with Crippen LogP contribution in [0.3, 0.4) is 0 Å². The minimum Gasteiger partial charge on any atom is -0.379 e. The number of rotatable bonds is 6. The summed E-state index contributed by atoms with van der Waals surface area (Å²) in [5, 5.41) is 1.61. The van der Waals surface area contributed by atoms with Crippen molar-refractivity contribution in [3.63, 3.8) is 0 Å². The molecule has 1 aliphatic rings. The maximum Gasteiger partial charge on any atom is 0.417 e. The molecule has 34 heavy (non-hydrogen) atoms. The Morgan fingerprint density at radius 2 is 1.59 bits per heavy atom. The van der Waals surface area contributed by atoms with Gasteiger partial charge in [-0.1, -0.05) is 24.0 Å². The number of nitrogens with one attached hydrogen (secondary N) is 2. The third-order valence-electron chi connectivity index (χ3n) is 4.99. The zero-order chi connectivity index (χ0) is 24.6. The first-order valence-electron chi connectivity index (χ1n) is 10.3. The standard InChI is InChI=1S/C23H23F3N4O4/c24-23(25,26)20(22(32)29-34-27)28-21(31)19-9-7-17(8-10-19)2-1-16-3-5-18(6-4-16)15-30-11-13-33-14-12-30/h3-10,20H,11-15,27H2,(H,28,31)(H,29,32)/t20-/m1/s1. The van der Waals surface area contributed by atoms with Crippen molar-refractivity contribution in [2.45, 2.75) is 18.8 Å². The fourth-order valence-corrected chi connectivity index (χ4v) is 3.19. The molecule has 1 aliphatic heterocycles. The first kappa shape index (κ1) is 25.2. The lowest BCUT2D eigenvalue weighted by Gasteiger charge is -2.26. The number of alkyl halides is 3. The average molecular weight is 476 g/mol. The molecule has 2 amide bonds. The van der Waals surface area contributed by atoms with Crippen LogP contribution in [0.2, 0.25) is 0 Å². The molecule has 4 N–H and O–H groups in total. The van der Waals surface area contributed by atoms with Crippen molar-refractivity contribution in [3.8, 4) is 11.8 Å². The fourth-order valence-electron chi connectivity index (χ4n) is 3.19. The molecule has 3 rings (SSSR count). The van der Waals surface area contributed by atoms with E-state index in [4.69, 9.17) is 4.74 Å². The zero-order valence-corrected chi connectivity index (χ0v) is 18.0. The maximum absolute atomic E-state index is 13.0. The molecule has 0 bridgehead atoms. The van der Waals surface area contributed by atoms with E-state index in [0.717, 1.165) is 38.4 Å². The Hall–Kier alpha value is -3.43. The summed E-state index contributed by atoms with van der Waals surface area (Å²) in [5.74, 6) is 7.76. The number of benzene rings is 2. The van der Waals surface area contributed by atoms with Crippen LogP contribution in [-0.4, -0.2) is 55.2 Å². The maximum atomic E-state index is 13.0. The number of hydroxylamine groups is 1. The number of carbonyl (C=O) groups excluding carboxylic acids is 2. The Balaban J connectivity index is 1.60. The van der Waals surface area contributed by atoms with Crippen molar-refractivity contribution in [1.29, 1.82) is 0 Å². The number of morpholine rings is 1. The smallest absolute Gasteiger partial charge is 0.379 e. The van der Waals surface area contributed by atoms with E-state index in [0.29, 0.717) is 5.56 Å². The van der Waals surface area contributed by atoms with E-state index < -0.39 is 24.0 Å². The quantitative estimate of drug-likeness (QED) is 0.431. The Labute approximate surface area is 194 Å². The number of carbonyl (C=O) groups is 2. The van der Waals surface area contributed by atoms with Crippen LogP contribution in [0.4, 0.5) is 13.2 Å². The van der Waals surface area contributed by atoms with E-state index in [1.54, 1.807) is 5.32 Å². The minimum atomic E-state index is -5.04. The zero-order valence-electron chi connectivity index (χ0n) is 18.0. The normalized spacial score (nSPS) is 15.1. The molecule has 0 unspecified atom stereocenters. The predicted octanol–water partition coefficient (Wildman–Crippen LogP) is 1.50. The molecule has 1 fully saturated rings. The van der Waals surface area contributed by atoms with Gasteiger partial charge in [0.1, 0.15) is 0 Å². The first-order chi connectivity index (χ1) is 16.3. The van der Waals surface area contributed by atoms with Gasteiger partial charge in [0.25, 0.3) is 11.8 Å². The number of halogens is 3. The molecule has 1 saturated heterocycles. The van der Waals surface area contributed by atoms with Crippen LogP contribution in [0.1, 0.15) is 27.0 Å². The third-order valence-corrected chi connectivity index (χ3v) is 4.99. The molecule has 1 atom stereocenters. The Bertz CT molecular complexity index is 1040. The van der Waals surface area contributed by atoms with Crippen molar-refractivity contribution < 1.29 is 32.4 Å². The number of ether oxygens (including phenoxy) is 1. The summed E-state index contributed by atoms with van der Waals surface area (Å²) in [7, 11) is 0. The average Bonchev–Trinajstić information content (AvgIpc) is 2.82. The topological polar surface area (TPSA) is 106 Å². The van der Waals surface area contributed by atoms with Gasteiger partial charge in [0.15, 0.2) is 0 Å². The van der Waals surface area contributed by atoms with Crippen LogP contribution in [-0.2, 0) is 21.0 Å². The Kier molecular flexibility index (Phi) is 8.61. The summed E-state index contributed by atoms with van der Waals surface area (Å²) in [6.45, 7) is 4.14. The summed E-state index contributed by atoms with van der Waals surface area (Å²) in [5.41, 5.74) is 3.82. The van der Waals surface area contributed by atoms with E-state index in [2.05, 4.69) is 27.6 Å². The van der Waals surface area contributed by atoms with E-state index in [9.17, 15) is 22.8 Å². The van der Waals surface area contributed by atoms with Crippen LogP contribution < -0.4 is 16.7 Å². The second kappa shape index (κ2) is 11.6. The number of nitrogens with two attached hydrogens (primary N) is 1. The van der Waals surface area contributed by atoms with Crippen LogP contribution in [0, 0.1) is 11.8 Å². The van der Waals surface area contributed by atoms with Crippen molar-refractivity contribution in [2.24, 2.45) is 5.90 Å². The largest absolute Gasteiger partial charge is 0.417 e. The number of hydrogen-bond donors (Lipinski definition) is 3. The minimum absolute atomic E-state index is 0.0752. The second-order valence-corrected chi connectivity index (χ2v) is 7.45. The van der Waals surface area contributed by atoms with Gasteiger partial charge in [-0.05, 0) is 42.0 Å². The van der Waals surface area contributed by atoms with E-state index in [-0.39, 0.29) is 5.56 Å². The highest BCUT2D eigenvalue weighted by Gasteiger charge is 2.46. The molecule has 2 aromatic carbocycles. The van der Waals surface area contributed by atoms with E-state index >= 15 is 0 Å². The second-order valence-electron chi connectivity index (χ2n) is 7.45. The monoisotopic (exact) mass is 476 g/mol. The molecule has 11 heteroatoms. The van der Waals surface area contributed by atoms with Gasteiger partial charge in [-0.2, -0.15) is 24.0 Å². The first-order valence-corrected chi connectivity index (χ1v) is 10.3. The molecular formula is C23H23F3N4O4. The van der Waals surface area contributed by atoms with Crippen molar-refractivity contribution >= 4 is 11.8 Å². The summed E-state index contributed by atoms with van der Waals surface area (Å²) in [6.07, 6.45) is -5.04. The van der Waals surface area contributed by atoms with Gasteiger partial charge in [0.05, 0.1) is 13.2 Å². The SMILES string of the molecule is NONC(=O)[C@@H](NC(=O)c1ccc(C#Cc2ccc(CN3CCOCC3)cc2)cc1)C(F)(F)F. The van der Waals surface area contributed by atoms with Crippen LogP contribution in [0.25, 0.3) is 0 Å². The molecule has 0 aliphatic carbocycles. The van der Waals surface area contributed by atoms with Gasteiger partial charge in [-0.25, -0.2) is 5.48 Å². The van der Waals surface area contributed by atoms with E-state index in [1.807, 2.05) is 24.3 Å². The molecule has 8 nitrogen and oxygen atoms in total. The number of hydrogen-bond acceptors (Lipinski definition) is 6. The van der Waals surface area contributed by atoms with Gasteiger partial charge in [0.2, 0.25) is 6.04 Å². The van der Waals surface area contributed by atoms with Gasteiger partial charge < -0.3 is 10.1 Å². The molecule has 0 spiro atoms. The summed E-state index contributed by atoms with van der Waals surface area (Å²) in [6, 6.07) is 10.7. The lowest BCUT2D eigenvalue weighted by molar-refractivity contribution is -0.174. The van der Waals surface area contributed by atoms with Crippen LogP contribution in [0.5, 0.6) is 0 Å².